The van der Waals surface area contributed by atoms with Crippen LogP contribution in [0.3, 0.4) is 0 Å². The molecule has 21 heavy (non-hydrogen) atoms. The molecule has 0 bridgehead atoms. The highest BCUT2D eigenvalue weighted by Crippen LogP contribution is 2.40. The van der Waals surface area contributed by atoms with Gasteiger partial charge in [-0.15, -0.1) is 0 Å². The SMILES string of the molecule is COc1ccc(Br)c(Cl)c1-c1nc(SC)[nH]c(=O)c1C#N. The number of hydrogen-bond acceptors (Lipinski definition) is 5. The summed E-state index contributed by atoms with van der Waals surface area (Å²) in [6, 6.07) is 5.28. The molecule has 2 aromatic rings. The van der Waals surface area contributed by atoms with E-state index in [0.717, 1.165) is 0 Å². The molecule has 1 N–H and O–H groups in total. The van der Waals surface area contributed by atoms with Crippen LogP contribution < -0.4 is 10.3 Å². The van der Waals surface area contributed by atoms with E-state index in [4.69, 9.17) is 16.3 Å². The second-order valence-electron chi connectivity index (χ2n) is 3.85. The highest BCUT2D eigenvalue weighted by molar-refractivity contribution is 9.10. The number of nitrogens with one attached hydrogen (secondary N) is 1. The first-order valence-electron chi connectivity index (χ1n) is 5.64. The van der Waals surface area contributed by atoms with Gasteiger partial charge in [-0.2, -0.15) is 5.26 Å². The molecule has 8 heteroatoms. The molecule has 0 fully saturated rings. The van der Waals surface area contributed by atoms with Crippen molar-refractivity contribution < 1.29 is 4.74 Å². The number of H-pyrrole nitrogens is 1. The number of thioether (sulfide) groups is 1. The van der Waals surface area contributed by atoms with Crippen LogP contribution in [-0.2, 0) is 0 Å². The summed E-state index contributed by atoms with van der Waals surface area (Å²) in [5, 5.41) is 9.96. The second kappa shape index (κ2) is 6.52. The van der Waals surface area contributed by atoms with Crippen LogP contribution in [0.2, 0.25) is 5.02 Å². The topological polar surface area (TPSA) is 78.8 Å². The van der Waals surface area contributed by atoms with Crippen LogP contribution in [-0.4, -0.2) is 23.3 Å². The van der Waals surface area contributed by atoms with Crippen LogP contribution in [0.4, 0.5) is 0 Å². The predicted molar refractivity (Wildman–Crippen MR) is 86.1 cm³/mol. The van der Waals surface area contributed by atoms with Gasteiger partial charge in [-0.05, 0) is 34.3 Å². The summed E-state index contributed by atoms with van der Waals surface area (Å²) in [5.74, 6) is 0.435. The number of methoxy groups -OCH3 is 1. The van der Waals surface area contributed by atoms with Gasteiger partial charge in [0.15, 0.2) is 5.16 Å². The fourth-order valence-corrected chi connectivity index (χ4v) is 2.71. The first-order chi connectivity index (χ1) is 10.0. The third-order valence-corrected chi connectivity index (χ3v) is 4.58. The van der Waals surface area contributed by atoms with Gasteiger partial charge in [0.05, 0.1) is 17.7 Å². The first kappa shape index (κ1) is 15.9. The van der Waals surface area contributed by atoms with Crippen molar-refractivity contribution in [2.45, 2.75) is 5.16 Å². The van der Waals surface area contributed by atoms with Crippen LogP contribution in [0.15, 0.2) is 26.6 Å². The fraction of sp³-hybridized carbons (Fsp3) is 0.154. The monoisotopic (exact) mass is 385 g/mol. The Balaban J connectivity index is 2.91. The molecule has 2 rings (SSSR count). The van der Waals surface area contributed by atoms with E-state index in [9.17, 15) is 10.1 Å². The molecule has 1 heterocycles. The molecule has 0 saturated heterocycles. The molecule has 0 unspecified atom stereocenters. The molecule has 5 nitrogen and oxygen atoms in total. The predicted octanol–water partition coefficient (Wildman–Crippen LogP) is 3.45. The van der Waals surface area contributed by atoms with Crippen molar-refractivity contribution in [1.82, 2.24) is 9.97 Å². The van der Waals surface area contributed by atoms with Crippen LogP contribution in [0.1, 0.15) is 5.56 Å². The van der Waals surface area contributed by atoms with Gasteiger partial charge in [0.2, 0.25) is 0 Å². The Morgan fingerprint density at radius 3 is 2.81 bits per heavy atom. The molecule has 1 aromatic carbocycles. The standard InChI is InChI=1S/C13H9BrClN3O2S/c1-20-8-4-3-7(14)10(15)9(8)11-6(5-16)12(19)18-13(17-11)21-2/h3-4H,1-2H3,(H,17,18,19). The normalized spacial score (nSPS) is 10.2. The third kappa shape index (κ3) is 2.93. The zero-order valence-electron chi connectivity index (χ0n) is 11.0. The third-order valence-electron chi connectivity index (χ3n) is 2.72. The van der Waals surface area contributed by atoms with Gasteiger partial charge in [0.1, 0.15) is 23.1 Å². The van der Waals surface area contributed by atoms with E-state index in [1.807, 2.05) is 6.07 Å². The minimum absolute atomic E-state index is 0.105. The number of rotatable bonds is 3. The lowest BCUT2D eigenvalue weighted by Gasteiger charge is -2.12. The quantitative estimate of drug-likeness (QED) is 0.645. The molecule has 0 aliphatic heterocycles. The number of ether oxygens (including phenoxy) is 1. The van der Waals surface area contributed by atoms with Crippen LogP contribution in [0.25, 0.3) is 11.3 Å². The van der Waals surface area contributed by atoms with Gasteiger partial charge in [-0.1, -0.05) is 23.4 Å². The molecule has 0 aliphatic rings. The van der Waals surface area contributed by atoms with Gasteiger partial charge >= 0.3 is 0 Å². The zero-order valence-corrected chi connectivity index (χ0v) is 14.2. The Morgan fingerprint density at radius 1 is 1.52 bits per heavy atom. The lowest BCUT2D eigenvalue weighted by atomic mass is 10.1. The molecule has 0 atom stereocenters. The van der Waals surface area contributed by atoms with E-state index >= 15 is 0 Å². The average molecular weight is 387 g/mol. The van der Waals surface area contributed by atoms with Crippen LogP contribution >= 0.6 is 39.3 Å². The average Bonchev–Trinajstić information content (AvgIpc) is 2.49. The second-order valence-corrected chi connectivity index (χ2v) is 5.88. The van der Waals surface area contributed by atoms with Crippen molar-refractivity contribution >= 4 is 39.3 Å². The van der Waals surface area contributed by atoms with Crippen molar-refractivity contribution in [2.75, 3.05) is 13.4 Å². The highest BCUT2D eigenvalue weighted by atomic mass is 79.9. The largest absolute Gasteiger partial charge is 0.496 e. The molecule has 0 saturated carbocycles. The maximum absolute atomic E-state index is 12.0. The summed E-state index contributed by atoms with van der Waals surface area (Å²) < 4.78 is 5.90. The molecule has 1 aromatic heterocycles. The Bertz CT molecular complexity index is 801. The minimum Gasteiger partial charge on any atom is -0.496 e. The van der Waals surface area contributed by atoms with E-state index in [1.165, 1.54) is 18.9 Å². The Labute approximate surface area is 138 Å². The number of nitrogens with zero attached hydrogens (tertiary/aromatic N) is 2. The smallest absolute Gasteiger partial charge is 0.270 e. The first-order valence-corrected chi connectivity index (χ1v) is 8.03. The summed E-state index contributed by atoms with van der Waals surface area (Å²) >= 11 is 10.9. The van der Waals surface area contributed by atoms with E-state index < -0.39 is 5.56 Å². The summed E-state index contributed by atoms with van der Waals surface area (Å²) in [5.41, 5.74) is -0.00344. The highest BCUT2D eigenvalue weighted by Gasteiger charge is 2.21. The van der Waals surface area contributed by atoms with Gasteiger partial charge in [0.25, 0.3) is 5.56 Å². The van der Waals surface area contributed by atoms with Crippen LogP contribution in [0, 0.1) is 11.3 Å². The number of nitriles is 1. The lowest BCUT2D eigenvalue weighted by molar-refractivity contribution is 0.416. The van der Waals surface area contributed by atoms with Crippen molar-refractivity contribution in [3.05, 3.63) is 37.5 Å². The van der Waals surface area contributed by atoms with Crippen molar-refractivity contribution in [1.29, 1.82) is 5.26 Å². The molecular formula is C13H9BrClN3O2S. The molecule has 0 aliphatic carbocycles. The maximum Gasteiger partial charge on any atom is 0.270 e. The number of hydrogen-bond donors (Lipinski definition) is 1. The molecular weight excluding hydrogens is 378 g/mol. The van der Waals surface area contributed by atoms with Crippen LogP contribution in [0.5, 0.6) is 5.75 Å². The Hall–Kier alpha value is -1.49. The molecule has 0 spiro atoms. The number of benzene rings is 1. The maximum atomic E-state index is 12.0. The van der Waals surface area contributed by atoms with Crippen molar-refractivity contribution in [3.8, 4) is 23.1 Å². The van der Waals surface area contributed by atoms with E-state index in [-0.39, 0.29) is 11.3 Å². The number of aromatic amines is 1. The Kier molecular flexibility index (Phi) is 4.93. The van der Waals surface area contributed by atoms with Crippen molar-refractivity contribution in [2.24, 2.45) is 0 Å². The lowest BCUT2D eigenvalue weighted by Crippen LogP contribution is -2.15. The summed E-state index contributed by atoms with van der Waals surface area (Å²) in [6.07, 6.45) is 1.77. The van der Waals surface area contributed by atoms with Gasteiger partial charge in [0, 0.05) is 4.47 Å². The van der Waals surface area contributed by atoms with Crippen molar-refractivity contribution in [3.63, 3.8) is 0 Å². The molecule has 0 radical (unpaired) electrons. The Morgan fingerprint density at radius 2 is 2.24 bits per heavy atom. The molecule has 108 valence electrons. The summed E-state index contributed by atoms with van der Waals surface area (Å²) in [7, 11) is 1.48. The minimum atomic E-state index is -0.509. The van der Waals surface area contributed by atoms with E-state index in [1.54, 1.807) is 18.4 Å². The number of aromatic nitrogens is 2. The zero-order chi connectivity index (χ0) is 15.6. The van der Waals surface area contributed by atoms with Gasteiger partial charge < -0.3 is 9.72 Å². The van der Waals surface area contributed by atoms with Gasteiger partial charge in [-0.25, -0.2) is 4.98 Å². The van der Waals surface area contributed by atoms with E-state index in [0.29, 0.717) is 26.0 Å². The number of halogens is 2. The fourth-order valence-electron chi connectivity index (χ4n) is 1.76. The van der Waals surface area contributed by atoms with Gasteiger partial charge in [-0.3, -0.25) is 4.79 Å². The molecule has 0 amide bonds. The summed E-state index contributed by atoms with van der Waals surface area (Å²) in [6.45, 7) is 0. The summed E-state index contributed by atoms with van der Waals surface area (Å²) in [4.78, 5) is 18.8. The van der Waals surface area contributed by atoms with E-state index in [2.05, 4.69) is 25.9 Å².